The number of hydrogen-bond acceptors (Lipinski definition) is 4. The van der Waals surface area contributed by atoms with Crippen molar-refractivity contribution >= 4 is 26.8 Å². The normalized spacial score (nSPS) is 12.0. The summed E-state index contributed by atoms with van der Waals surface area (Å²) in [5.41, 5.74) is 2.79. The van der Waals surface area contributed by atoms with E-state index >= 15 is 0 Å². The summed E-state index contributed by atoms with van der Waals surface area (Å²) >= 11 is 0. The largest absolute Gasteiger partial charge is 0.441 e. The molecule has 23 heavy (non-hydrogen) atoms. The average Bonchev–Trinajstić information content (AvgIpc) is 2.86. The molecular weight excluding hydrogens is 312 g/mol. The number of oxazole rings is 1. The van der Waals surface area contributed by atoms with Crippen LogP contribution >= 0.6 is 0 Å². The number of nitrogens with zero attached hydrogens (tertiary/aromatic N) is 1. The van der Waals surface area contributed by atoms with Gasteiger partial charge in [-0.15, -0.1) is 0 Å². The molecule has 2 aromatic carbocycles. The van der Waals surface area contributed by atoms with E-state index < -0.39 is 10.0 Å². The Hall–Kier alpha value is -2.34. The maximum Gasteiger partial charge on any atom is 0.261 e. The molecule has 5 nitrogen and oxygen atoms in total. The first-order chi connectivity index (χ1) is 10.8. The third-order valence-corrected chi connectivity index (χ3v) is 4.98. The van der Waals surface area contributed by atoms with Gasteiger partial charge >= 0.3 is 0 Å². The van der Waals surface area contributed by atoms with Crippen LogP contribution in [0.15, 0.2) is 51.8 Å². The number of benzene rings is 2. The van der Waals surface area contributed by atoms with Gasteiger partial charge in [0.25, 0.3) is 10.0 Å². The summed E-state index contributed by atoms with van der Waals surface area (Å²) in [6, 6.07) is 12.0. The van der Waals surface area contributed by atoms with Crippen molar-refractivity contribution in [1.29, 1.82) is 0 Å². The third-order valence-electron chi connectivity index (χ3n) is 3.61. The summed E-state index contributed by atoms with van der Waals surface area (Å²) in [5.74, 6) is 0.908. The molecule has 0 amide bonds. The molecule has 0 aliphatic carbocycles. The van der Waals surface area contributed by atoms with Crippen LogP contribution in [0.3, 0.4) is 0 Å². The molecule has 0 fully saturated rings. The van der Waals surface area contributed by atoms with Crippen LogP contribution in [0, 0.1) is 6.92 Å². The van der Waals surface area contributed by atoms with Crippen molar-refractivity contribution < 1.29 is 12.8 Å². The van der Waals surface area contributed by atoms with E-state index in [9.17, 15) is 8.42 Å². The van der Waals surface area contributed by atoms with Crippen LogP contribution < -0.4 is 4.72 Å². The molecule has 120 valence electrons. The first kappa shape index (κ1) is 15.6. The van der Waals surface area contributed by atoms with Gasteiger partial charge in [0.15, 0.2) is 11.5 Å². The summed E-state index contributed by atoms with van der Waals surface area (Å²) in [4.78, 5) is 4.33. The van der Waals surface area contributed by atoms with Gasteiger partial charge in [0, 0.05) is 12.6 Å². The highest BCUT2D eigenvalue weighted by Gasteiger charge is 2.16. The van der Waals surface area contributed by atoms with Gasteiger partial charge in [0.05, 0.1) is 4.90 Å². The predicted molar refractivity (Wildman–Crippen MR) is 90.1 cm³/mol. The zero-order valence-corrected chi connectivity index (χ0v) is 14.0. The quantitative estimate of drug-likeness (QED) is 0.783. The second-order valence-electron chi connectivity index (χ2n) is 5.74. The first-order valence-corrected chi connectivity index (χ1v) is 8.83. The third kappa shape index (κ3) is 3.22. The highest BCUT2D eigenvalue weighted by molar-refractivity contribution is 7.92. The highest BCUT2D eigenvalue weighted by atomic mass is 32.2. The molecule has 0 aliphatic rings. The number of rotatable bonds is 4. The fraction of sp³-hybridized carbons (Fsp3) is 0.235. The Labute approximate surface area is 135 Å². The molecule has 0 bridgehead atoms. The maximum atomic E-state index is 12.5. The molecule has 6 heteroatoms. The van der Waals surface area contributed by atoms with Crippen LogP contribution in [-0.2, 0) is 10.0 Å². The molecule has 0 saturated heterocycles. The predicted octanol–water partition coefficient (Wildman–Crippen LogP) is 4.06. The molecule has 0 aliphatic heterocycles. The van der Waals surface area contributed by atoms with Crippen LogP contribution in [0.2, 0.25) is 0 Å². The van der Waals surface area contributed by atoms with Gasteiger partial charge in [-0.3, -0.25) is 4.72 Å². The van der Waals surface area contributed by atoms with Gasteiger partial charge in [-0.25, -0.2) is 13.4 Å². The second kappa shape index (κ2) is 5.70. The van der Waals surface area contributed by atoms with Crippen molar-refractivity contribution in [2.24, 2.45) is 0 Å². The van der Waals surface area contributed by atoms with Crippen molar-refractivity contribution in [3.63, 3.8) is 0 Å². The molecule has 0 radical (unpaired) electrons. The van der Waals surface area contributed by atoms with E-state index in [0.29, 0.717) is 28.6 Å². The number of aromatic nitrogens is 1. The summed E-state index contributed by atoms with van der Waals surface area (Å²) in [6.45, 7) is 5.91. The van der Waals surface area contributed by atoms with Gasteiger partial charge in [-0.05, 0) is 41.8 Å². The number of sulfonamides is 1. The SMILES string of the molecule is Cc1nc2cc(S(=O)(=O)Nc3ccc(C(C)C)cc3)ccc2o1. The van der Waals surface area contributed by atoms with Crippen LogP contribution in [0.1, 0.15) is 31.2 Å². The maximum absolute atomic E-state index is 12.5. The fourth-order valence-corrected chi connectivity index (χ4v) is 3.42. The van der Waals surface area contributed by atoms with E-state index in [2.05, 4.69) is 23.6 Å². The van der Waals surface area contributed by atoms with Crippen molar-refractivity contribution in [1.82, 2.24) is 4.98 Å². The van der Waals surface area contributed by atoms with Crippen molar-refractivity contribution in [2.75, 3.05) is 4.72 Å². The smallest absolute Gasteiger partial charge is 0.261 e. The molecule has 3 aromatic rings. The Morgan fingerprint density at radius 3 is 2.43 bits per heavy atom. The first-order valence-electron chi connectivity index (χ1n) is 7.35. The molecule has 3 rings (SSSR count). The summed E-state index contributed by atoms with van der Waals surface area (Å²) in [6.07, 6.45) is 0. The highest BCUT2D eigenvalue weighted by Crippen LogP contribution is 2.23. The van der Waals surface area contributed by atoms with E-state index in [0.717, 1.165) is 5.56 Å². The molecule has 1 aromatic heterocycles. The summed E-state index contributed by atoms with van der Waals surface area (Å²) < 4.78 is 33.0. The minimum absolute atomic E-state index is 0.159. The Bertz CT molecular complexity index is 942. The van der Waals surface area contributed by atoms with Crippen LogP contribution in [0.25, 0.3) is 11.1 Å². The number of anilines is 1. The Balaban J connectivity index is 1.90. The standard InChI is InChI=1S/C17H18N2O3S/c1-11(2)13-4-6-14(7-5-13)19-23(20,21)15-8-9-17-16(10-15)18-12(3)22-17/h4-11,19H,1-3H3. The van der Waals surface area contributed by atoms with Crippen LogP contribution in [-0.4, -0.2) is 13.4 Å². The fourth-order valence-electron chi connectivity index (χ4n) is 2.34. The van der Waals surface area contributed by atoms with Crippen molar-refractivity contribution in [2.45, 2.75) is 31.6 Å². The number of aryl methyl sites for hydroxylation is 1. The molecule has 0 saturated carbocycles. The van der Waals surface area contributed by atoms with Gasteiger partial charge in [0.2, 0.25) is 0 Å². The minimum Gasteiger partial charge on any atom is -0.441 e. The van der Waals surface area contributed by atoms with Crippen molar-refractivity contribution in [3.8, 4) is 0 Å². The summed E-state index contributed by atoms with van der Waals surface area (Å²) in [5, 5.41) is 0. The van der Waals surface area contributed by atoms with E-state index in [-0.39, 0.29) is 4.90 Å². The Morgan fingerprint density at radius 1 is 1.09 bits per heavy atom. The molecule has 1 N–H and O–H groups in total. The lowest BCUT2D eigenvalue weighted by Crippen LogP contribution is -2.12. The Morgan fingerprint density at radius 2 is 1.78 bits per heavy atom. The van der Waals surface area contributed by atoms with Gasteiger partial charge in [-0.2, -0.15) is 0 Å². The van der Waals surface area contributed by atoms with E-state index in [1.165, 1.54) is 12.1 Å². The van der Waals surface area contributed by atoms with E-state index in [1.54, 1.807) is 25.1 Å². The average molecular weight is 330 g/mol. The summed E-state index contributed by atoms with van der Waals surface area (Å²) in [7, 11) is -3.66. The zero-order chi connectivity index (χ0) is 16.6. The molecule has 0 spiro atoms. The topological polar surface area (TPSA) is 72.2 Å². The van der Waals surface area contributed by atoms with Crippen LogP contribution in [0.4, 0.5) is 5.69 Å². The molecular formula is C17H18N2O3S. The lowest BCUT2D eigenvalue weighted by Gasteiger charge is -2.10. The van der Waals surface area contributed by atoms with E-state index in [1.807, 2.05) is 12.1 Å². The van der Waals surface area contributed by atoms with Crippen LogP contribution in [0.5, 0.6) is 0 Å². The lowest BCUT2D eigenvalue weighted by atomic mass is 10.0. The second-order valence-corrected chi connectivity index (χ2v) is 7.43. The van der Waals surface area contributed by atoms with Gasteiger partial charge in [0.1, 0.15) is 5.52 Å². The number of hydrogen-bond donors (Lipinski definition) is 1. The number of nitrogens with one attached hydrogen (secondary N) is 1. The number of fused-ring (bicyclic) bond motifs is 1. The Kier molecular flexibility index (Phi) is 3.85. The van der Waals surface area contributed by atoms with E-state index in [4.69, 9.17) is 4.42 Å². The molecule has 0 unspecified atom stereocenters. The van der Waals surface area contributed by atoms with Crippen molar-refractivity contribution in [3.05, 3.63) is 53.9 Å². The van der Waals surface area contributed by atoms with Gasteiger partial charge < -0.3 is 4.42 Å². The lowest BCUT2D eigenvalue weighted by molar-refractivity contribution is 0.561. The molecule has 0 atom stereocenters. The zero-order valence-electron chi connectivity index (χ0n) is 13.2. The van der Waals surface area contributed by atoms with Gasteiger partial charge in [-0.1, -0.05) is 26.0 Å². The monoisotopic (exact) mass is 330 g/mol. The molecule has 1 heterocycles. The minimum atomic E-state index is -3.66.